The fraction of sp³-hybridized carbons (Fsp3) is 0.625. The van der Waals surface area contributed by atoms with Crippen LogP contribution in [0.4, 0.5) is 0 Å². The zero-order chi connectivity index (χ0) is 13.9. The van der Waals surface area contributed by atoms with Crippen molar-refractivity contribution in [2.24, 2.45) is 5.92 Å². The van der Waals surface area contributed by atoms with Gasteiger partial charge < -0.3 is 5.11 Å². The summed E-state index contributed by atoms with van der Waals surface area (Å²) in [6, 6.07) is 2.15. The van der Waals surface area contributed by atoms with Crippen LogP contribution < -0.4 is 0 Å². The van der Waals surface area contributed by atoms with Crippen LogP contribution >= 0.6 is 15.9 Å². The van der Waals surface area contributed by atoms with Gasteiger partial charge in [-0.3, -0.25) is 0 Å². The Kier molecular flexibility index (Phi) is 5.87. The van der Waals surface area contributed by atoms with Gasteiger partial charge in [0.1, 0.15) is 0 Å². The van der Waals surface area contributed by atoms with Crippen molar-refractivity contribution in [3.05, 3.63) is 32.8 Å². The van der Waals surface area contributed by atoms with Gasteiger partial charge in [0.25, 0.3) is 0 Å². The number of rotatable bonds is 5. The smallest absolute Gasteiger partial charge is 0.0821 e. The van der Waals surface area contributed by atoms with Gasteiger partial charge in [-0.1, -0.05) is 48.7 Å². The first kappa shape index (κ1) is 15.7. The minimum Gasteiger partial charge on any atom is -0.388 e. The Bertz CT molecular complexity index is 412. The molecule has 1 rings (SSSR count). The molecule has 1 aromatic rings. The molecule has 2 unspecified atom stereocenters. The normalized spacial score (nSPS) is 14.6. The van der Waals surface area contributed by atoms with Gasteiger partial charge in [-0.15, -0.1) is 0 Å². The second kappa shape index (κ2) is 6.72. The van der Waals surface area contributed by atoms with Crippen molar-refractivity contribution in [1.29, 1.82) is 0 Å². The van der Waals surface area contributed by atoms with E-state index in [0.29, 0.717) is 5.92 Å². The molecule has 0 saturated carbocycles. The van der Waals surface area contributed by atoms with E-state index in [1.165, 1.54) is 29.5 Å². The maximum atomic E-state index is 10.6. The first-order chi connectivity index (χ1) is 8.40. The molecule has 0 spiro atoms. The number of benzene rings is 1. The van der Waals surface area contributed by atoms with Gasteiger partial charge in [-0.25, -0.2) is 0 Å². The molecule has 1 aromatic carbocycles. The number of aliphatic hydroxyl groups is 1. The van der Waals surface area contributed by atoms with Crippen LogP contribution in [-0.2, 0) is 0 Å². The quantitative estimate of drug-likeness (QED) is 0.788. The summed E-state index contributed by atoms with van der Waals surface area (Å²) in [5.41, 5.74) is 4.73. The Morgan fingerprint density at radius 2 is 1.83 bits per heavy atom. The van der Waals surface area contributed by atoms with Gasteiger partial charge in [-0.05, 0) is 55.4 Å². The number of aryl methyl sites for hydroxylation is 2. The fourth-order valence-electron chi connectivity index (χ4n) is 2.60. The molecule has 0 bridgehead atoms. The molecule has 0 heterocycles. The number of aliphatic hydroxyl groups excluding tert-OH is 1. The molecule has 0 aliphatic heterocycles. The van der Waals surface area contributed by atoms with Crippen LogP contribution in [0.25, 0.3) is 0 Å². The van der Waals surface area contributed by atoms with Crippen molar-refractivity contribution in [1.82, 2.24) is 0 Å². The number of hydrogen-bond donors (Lipinski definition) is 1. The summed E-state index contributed by atoms with van der Waals surface area (Å²) in [6.07, 6.45) is 3.10. The van der Waals surface area contributed by atoms with E-state index in [-0.39, 0.29) is 6.10 Å². The highest BCUT2D eigenvalue weighted by Crippen LogP contribution is 2.35. The zero-order valence-electron chi connectivity index (χ0n) is 12.2. The first-order valence-electron chi connectivity index (χ1n) is 6.84. The molecule has 0 saturated heterocycles. The van der Waals surface area contributed by atoms with Gasteiger partial charge in [-0.2, -0.15) is 0 Å². The molecule has 18 heavy (non-hydrogen) atoms. The minimum atomic E-state index is -0.353. The van der Waals surface area contributed by atoms with Crippen LogP contribution in [-0.4, -0.2) is 5.11 Å². The fourth-order valence-corrected chi connectivity index (χ4v) is 2.93. The van der Waals surface area contributed by atoms with Gasteiger partial charge >= 0.3 is 0 Å². The van der Waals surface area contributed by atoms with Crippen molar-refractivity contribution in [3.8, 4) is 0 Å². The van der Waals surface area contributed by atoms with Crippen LogP contribution in [0.15, 0.2) is 10.5 Å². The Hall–Kier alpha value is -0.340. The maximum Gasteiger partial charge on any atom is 0.0821 e. The van der Waals surface area contributed by atoms with Gasteiger partial charge in [0.2, 0.25) is 0 Å². The summed E-state index contributed by atoms with van der Waals surface area (Å²) < 4.78 is 1.13. The maximum absolute atomic E-state index is 10.6. The van der Waals surface area contributed by atoms with Gasteiger partial charge in [0.15, 0.2) is 0 Å². The minimum absolute atomic E-state index is 0.317. The molecule has 102 valence electrons. The monoisotopic (exact) mass is 312 g/mol. The largest absolute Gasteiger partial charge is 0.388 e. The molecule has 0 aromatic heterocycles. The molecule has 0 radical (unpaired) electrons. The van der Waals surface area contributed by atoms with Crippen LogP contribution in [0.1, 0.15) is 61.5 Å². The van der Waals surface area contributed by atoms with E-state index in [0.717, 1.165) is 16.5 Å². The predicted octanol–water partition coefficient (Wildman–Crippen LogP) is 5.23. The molecule has 0 fully saturated rings. The third-order valence-corrected chi connectivity index (χ3v) is 5.01. The Labute approximate surface area is 120 Å². The molecule has 1 N–H and O–H groups in total. The third-order valence-electron chi connectivity index (χ3n) is 3.79. The summed E-state index contributed by atoms with van der Waals surface area (Å²) in [4.78, 5) is 0. The van der Waals surface area contributed by atoms with E-state index in [4.69, 9.17) is 0 Å². The van der Waals surface area contributed by atoms with Crippen molar-refractivity contribution >= 4 is 15.9 Å². The lowest BCUT2D eigenvalue weighted by atomic mass is 9.87. The van der Waals surface area contributed by atoms with E-state index >= 15 is 0 Å². The van der Waals surface area contributed by atoms with Crippen molar-refractivity contribution < 1.29 is 5.11 Å². The highest BCUT2D eigenvalue weighted by atomic mass is 79.9. The topological polar surface area (TPSA) is 20.2 Å². The highest BCUT2D eigenvalue weighted by molar-refractivity contribution is 9.10. The second-order valence-corrected chi connectivity index (χ2v) is 6.22. The predicted molar refractivity (Wildman–Crippen MR) is 82.0 cm³/mol. The lowest BCUT2D eigenvalue weighted by Gasteiger charge is -2.24. The number of hydrogen-bond acceptors (Lipinski definition) is 1. The molecule has 2 atom stereocenters. The molecule has 0 amide bonds. The summed E-state index contributed by atoms with van der Waals surface area (Å²) in [5, 5.41) is 10.6. The summed E-state index contributed by atoms with van der Waals surface area (Å²) >= 11 is 3.62. The first-order valence-corrected chi connectivity index (χ1v) is 7.63. The Morgan fingerprint density at radius 1 is 1.22 bits per heavy atom. The summed E-state index contributed by atoms with van der Waals surface area (Å²) in [7, 11) is 0. The zero-order valence-corrected chi connectivity index (χ0v) is 13.8. The molecule has 0 aliphatic carbocycles. The Morgan fingerprint density at radius 3 is 2.39 bits per heavy atom. The van der Waals surface area contributed by atoms with Gasteiger partial charge in [0, 0.05) is 4.47 Å². The van der Waals surface area contributed by atoms with Crippen LogP contribution in [0.2, 0.25) is 0 Å². The van der Waals surface area contributed by atoms with Crippen LogP contribution in [0.5, 0.6) is 0 Å². The highest BCUT2D eigenvalue weighted by Gasteiger charge is 2.21. The molecular formula is C16H25BrO. The SMILES string of the molecule is CCCCC(C)C(O)c1c(C)cc(C)c(Br)c1C. The standard InChI is InChI=1S/C16H25BrO/c1-6-7-8-10(2)16(18)14-11(3)9-12(4)15(17)13(14)5/h9-10,16,18H,6-8H2,1-5H3. The molecule has 1 nitrogen and oxygen atoms in total. The number of unbranched alkanes of at least 4 members (excludes halogenated alkanes) is 1. The average molecular weight is 313 g/mol. The Balaban J connectivity index is 3.05. The average Bonchev–Trinajstić information content (AvgIpc) is 2.33. The van der Waals surface area contributed by atoms with Crippen LogP contribution in [0, 0.1) is 26.7 Å². The van der Waals surface area contributed by atoms with Crippen molar-refractivity contribution in [2.75, 3.05) is 0 Å². The lowest BCUT2D eigenvalue weighted by molar-refractivity contribution is 0.110. The van der Waals surface area contributed by atoms with Gasteiger partial charge in [0.05, 0.1) is 6.10 Å². The third kappa shape index (κ3) is 3.36. The lowest BCUT2D eigenvalue weighted by Crippen LogP contribution is -2.13. The number of halogens is 1. The molecular weight excluding hydrogens is 288 g/mol. The van der Waals surface area contributed by atoms with Crippen molar-refractivity contribution in [2.45, 2.75) is 60.0 Å². The van der Waals surface area contributed by atoms with Crippen molar-refractivity contribution in [3.63, 3.8) is 0 Å². The molecule has 2 heteroatoms. The summed E-state index contributed by atoms with van der Waals surface area (Å²) in [5.74, 6) is 0.317. The van der Waals surface area contributed by atoms with Crippen LogP contribution in [0.3, 0.4) is 0 Å². The summed E-state index contributed by atoms with van der Waals surface area (Å²) in [6.45, 7) is 10.6. The van der Waals surface area contributed by atoms with E-state index in [1.807, 2.05) is 0 Å². The van der Waals surface area contributed by atoms with E-state index < -0.39 is 0 Å². The molecule has 0 aliphatic rings. The second-order valence-electron chi connectivity index (χ2n) is 5.43. The van der Waals surface area contributed by atoms with E-state index in [9.17, 15) is 5.11 Å². The van der Waals surface area contributed by atoms with E-state index in [2.05, 4.69) is 56.6 Å². The van der Waals surface area contributed by atoms with E-state index in [1.54, 1.807) is 0 Å².